The molecule has 0 radical (unpaired) electrons. The third kappa shape index (κ3) is 4.02. The van der Waals surface area contributed by atoms with Crippen molar-refractivity contribution >= 4 is 11.8 Å². The number of carbonyl (C=O) groups is 2. The first-order chi connectivity index (χ1) is 16.4. The summed E-state index contributed by atoms with van der Waals surface area (Å²) in [5.41, 5.74) is 3.59. The fourth-order valence-corrected chi connectivity index (χ4v) is 5.03. The van der Waals surface area contributed by atoms with Gasteiger partial charge in [0.2, 0.25) is 0 Å². The first-order valence-electron chi connectivity index (χ1n) is 11.1. The molecule has 1 aliphatic carbocycles. The van der Waals surface area contributed by atoms with E-state index in [0.717, 1.165) is 22.6 Å². The molecule has 3 atom stereocenters. The van der Waals surface area contributed by atoms with Gasteiger partial charge >= 0.3 is 5.97 Å². The Balaban J connectivity index is 1.86. The van der Waals surface area contributed by atoms with E-state index in [-0.39, 0.29) is 11.7 Å². The molecule has 2 aliphatic rings. The van der Waals surface area contributed by atoms with E-state index >= 15 is 0 Å². The van der Waals surface area contributed by atoms with Crippen molar-refractivity contribution in [3.05, 3.63) is 76.6 Å². The number of carbonyl (C=O) groups excluding carboxylic acids is 2. The summed E-state index contributed by atoms with van der Waals surface area (Å²) in [6.07, 6.45) is 2.38. The Morgan fingerprint density at radius 3 is 2.29 bits per heavy atom. The van der Waals surface area contributed by atoms with Gasteiger partial charge in [0.15, 0.2) is 11.5 Å². The molecule has 0 spiro atoms. The van der Waals surface area contributed by atoms with Crippen molar-refractivity contribution in [2.45, 2.75) is 25.2 Å². The highest BCUT2D eigenvalue weighted by molar-refractivity contribution is 5.96. The Kier molecular flexibility index (Phi) is 6.63. The van der Waals surface area contributed by atoms with Crippen molar-refractivity contribution in [3.8, 4) is 17.2 Å². The summed E-state index contributed by atoms with van der Waals surface area (Å²) in [6.45, 7) is 1.83. The molecule has 2 aromatic carbocycles. The third-order valence-corrected chi connectivity index (χ3v) is 6.57. The largest absolute Gasteiger partial charge is 0.496 e. The number of ether oxygens (including phenoxy) is 4. The molecule has 7 heteroatoms. The quantitative estimate of drug-likeness (QED) is 0.646. The van der Waals surface area contributed by atoms with Crippen LogP contribution in [0.1, 0.15) is 36.3 Å². The molecule has 1 heterocycles. The number of nitrogens with one attached hydrogen (secondary N) is 1. The van der Waals surface area contributed by atoms with Crippen molar-refractivity contribution in [2.75, 3.05) is 28.4 Å². The highest BCUT2D eigenvalue weighted by atomic mass is 16.5. The lowest BCUT2D eigenvalue weighted by Gasteiger charge is -2.39. The summed E-state index contributed by atoms with van der Waals surface area (Å²) in [7, 11) is 6.09. The van der Waals surface area contributed by atoms with Gasteiger partial charge < -0.3 is 24.3 Å². The molecule has 178 valence electrons. The number of benzene rings is 2. The number of para-hydroxylation sites is 1. The van der Waals surface area contributed by atoms with Crippen molar-refractivity contribution in [1.82, 2.24) is 5.32 Å². The van der Waals surface area contributed by atoms with E-state index in [1.807, 2.05) is 43.3 Å². The number of allylic oxidation sites excluding steroid dienone is 3. The summed E-state index contributed by atoms with van der Waals surface area (Å²) < 4.78 is 21.5. The van der Waals surface area contributed by atoms with Crippen LogP contribution < -0.4 is 19.5 Å². The van der Waals surface area contributed by atoms with Gasteiger partial charge in [0.05, 0.1) is 39.9 Å². The molecular formula is C27H29NO6. The Hall–Kier alpha value is -3.74. The van der Waals surface area contributed by atoms with Crippen molar-refractivity contribution in [2.24, 2.45) is 5.92 Å². The first-order valence-corrected chi connectivity index (χ1v) is 11.1. The van der Waals surface area contributed by atoms with Gasteiger partial charge in [-0.05, 0) is 30.7 Å². The predicted molar refractivity (Wildman–Crippen MR) is 127 cm³/mol. The monoisotopic (exact) mass is 463 g/mol. The molecule has 0 fully saturated rings. The van der Waals surface area contributed by atoms with E-state index in [4.69, 9.17) is 18.9 Å². The lowest BCUT2D eigenvalue weighted by Crippen LogP contribution is -2.41. The molecule has 3 unspecified atom stereocenters. The Bertz CT molecular complexity index is 1180. The zero-order valence-corrected chi connectivity index (χ0v) is 20.0. The van der Waals surface area contributed by atoms with Gasteiger partial charge in [-0.3, -0.25) is 4.79 Å². The summed E-state index contributed by atoms with van der Waals surface area (Å²) in [5, 5.41) is 3.32. The van der Waals surface area contributed by atoms with Crippen LogP contribution >= 0.6 is 0 Å². The Labute approximate surface area is 199 Å². The molecular weight excluding hydrogens is 434 g/mol. The average Bonchev–Trinajstić information content (AvgIpc) is 2.86. The number of hydrogen-bond acceptors (Lipinski definition) is 7. The van der Waals surface area contributed by atoms with Crippen LogP contribution in [0.3, 0.4) is 0 Å². The lowest BCUT2D eigenvalue weighted by molar-refractivity contribution is -0.136. The van der Waals surface area contributed by atoms with Gasteiger partial charge in [-0.15, -0.1) is 0 Å². The highest BCUT2D eigenvalue weighted by Crippen LogP contribution is 2.48. The third-order valence-electron chi connectivity index (χ3n) is 6.57. The Morgan fingerprint density at radius 1 is 0.912 bits per heavy atom. The summed E-state index contributed by atoms with van der Waals surface area (Å²) in [5.74, 6) is 0.195. The molecule has 0 aromatic heterocycles. The normalized spacial score (nSPS) is 21.7. The molecule has 4 rings (SSSR count). The number of ketones is 1. The standard InChI is InChI=1S/C27H29NO6/c1-15-24(27(30)34-5)25(16-10-11-22(32-3)23(14-16)33-4)26-19(28-15)12-17(13-20(26)29)18-8-6-7-9-21(18)31-2/h6-12,14,17,25-26,28H,13H2,1-5H3. The van der Waals surface area contributed by atoms with Crippen molar-refractivity contribution in [1.29, 1.82) is 0 Å². The average molecular weight is 464 g/mol. The molecule has 0 amide bonds. The predicted octanol–water partition coefficient (Wildman–Crippen LogP) is 4.10. The second-order valence-electron chi connectivity index (χ2n) is 8.37. The zero-order chi connectivity index (χ0) is 24.4. The van der Waals surface area contributed by atoms with Gasteiger partial charge in [0, 0.05) is 35.2 Å². The molecule has 1 aliphatic heterocycles. The van der Waals surface area contributed by atoms with E-state index in [1.54, 1.807) is 27.4 Å². The van der Waals surface area contributed by atoms with Crippen molar-refractivity contribution in [3.63, 3.8) is 0 Å². The minimum atomic E-state index is -0.554. The van der Waals surface area contributed by atoms with Gasteiger partial charge in [-0.25, -0.2) is 4.79 Å². The van der Waals surface area contributed by atoms with Crippen LogP contribution in [0.2, 0.25) is 0 Å². The fraction of sp³-hybridized carbons (Fsp3) is 0.333. The molecule has 34 heavy (non-hydrogen) atoms. The maximum atomic E-state index is 13.7. The van der Waals surface area contributed by atoms with Crippen LogP contribution in [0.15, 0.2) is 65.5 Å². The van der Waals surface area contributed by atoms with Gasteiger partial charge in [0.1, 0.15) is 11.5 Å². The van der Waals surface area contributed by atoms with Gasteiger partial charge in [-0.2, -0.15) is 0 Å². The maximum Gasteiger partial charge on any atom is 0.336 e. The van der Waals surface area contributed by atoms with Crippen LogP contribution in [0.4, 0.5) is 0 Å². The molecule has 7 nitrogen and oxygen atoms in total. The lowest BCUT2D eigenvalue weighted by atomic mass is 9.68. The van der Waals surface area contributed by atoms with E-state index in [1.165, 1.54) is 7.11 Å². The number of hydrogen-bond donors (Lipinski definition) is 1. The first kappa shape index (κ1) is 23.4. The van der Waals surface area contributed by atoms with Gasteiger partial charge in [0.25, 0.3) is 0 Å². The number of methoxy groups -OCH3 is 4. The van der Waals surface area contributed by atoms with Crippen LogP contribution in [0, 0.1) is 5.92 Å². The minimum absolute atomic E-state index is 0.0367. The Morgan fingerprint density at radius 2 is 1.62 bits per heavy atom. The molecule has 0 saturated heterocycles. The molecule has 0 saturated carbocycles. The van der Waals surface area contributed by atoms with E-state index < -0.39 is 17.8 Å². The van der Waals surface area contributed by atoms with Crippen LogP contribution in [0.5, 0.6) is 17.2 Å². The fourth-order valence-electron chi connectivity index (χ4n) is 5.03. The number of Topliss-reactive ketones (excluding diaryl/α,β-unsaturated/α-hetero) is 1. The smallest absolute Gasteiger partial charge is 0.336 e. The van der Waals surface area contributed by atoms with Gasteiger partial charge in [-0.1, -0.05) is 30.3 Å². The summed E-state index contributed by atoms with van der Waals surface area (Å²) >= 11 is 0. The van der Waals surface area contributed by atoms with Crippen molar-refractivity contribution < 1.29 is 28.5 Å². The molecule has 1 N–H and O–H groups in total. The van der Waals surface area contributed by atoms with Crippen LogP contribution in [-0.4, -0.2) is 40.2 Å². The topological polar surface area (TPSA) is 83.1 Å². The summed E-state index contributed by atoms with van der Waals surface area (Å²) in [4.78, 5) is 26.5. The van der Waals surface area contributed by atoms with E-state index in [2.05, 4.69) is 11.4 Å². The zero-order valence-electron chi connectivity index (χ0n) is 20.0. The second-order valence-corrected chi connectivity index (χ2v) is 8.37. The summed E-state index contributed by atoms with van der Waals surface area (Å²) in [6, 6.07) is 13.2. The number of rotatable bonds is 6. The highest BCUT2D eigenvalue weighted by Gasteiger charge is 2.45. The minimum Gasteiger partial charge on any atom is -0.496 e. The van der Waals surface area contributed by atoms with Crippen LogP contribution in [-0.2, 0) is 14.3 Å². The number of fused-ring (bicyclic) bond motifs is 1. The molecule has 2 aromatic rings. The SMILES string of the molecule is COC(=O)C1=C(C)NC2=CC(c3ccccc3OC)CC(=O)C2C1c1ccc(OC)c(OC)c1. The van der Waals surface area contributed by atoms with E-state index in [9.17, 15) is 9.59 Å². The maximum absolute atomic E-state index is 13.7. The number of esters is 1. The van der Waals surface area contributed by atoms with Crippen LogP contribution in [0.25, 0.3) is 0 Å². The molecule has 0 bridgehead atoms. The van der Waals surface area contributed by atoms with E-state index in [0.29, 0.717) is 29.2 Å². The second kappa shape index (κ2) is 9.63.